The van der Waals surface area contributed by atoms with Crippen molar-refractivity contribution in [1.82, 2.24) is 10.6 Å². The van der Waals surface area contributed by atoms with Crippen LogP contribution in [0.3, 0.4) is 0 Å². The molecule has 2 aliphatic rings. The molecule has 14 heteroatoms. The van der Waals surface area contributed by atoms with Gasteiger partial charge in [0.2, 0.25) is 5.91 Å². The van der Waals surface area contributed by atoms with Crippen molar-refractivity contribution >= 4 is 37.1 Å². The molecule has 2 heterocycles. The second kappa shape index (κ2) is 13.9. The molecule has 0 bridgehead atoms. The molecule has 0 aromatic rings. The Morgan fingerprint density at radius 1 is 1.33 bits per heavy atom. The Morgan fingerprint density at radius 3 is 2.70 bits per heavy atom. The maximum absolute atomic E-state index is 12.6. The first-order valence-corrected chi connectivity index (χ1v) is 14.3. The van der Waals surface area contributed by atoms with Crippen LogP contribution in [0.4, 0.5) is 4.39 Å². The first-order valence-electron chi connectivity index (χ1n) is 11.0. The topological polar surface area (TPSA) is 158 Å². The molecule has 2 rings (SSSR count). The van der Waals surface area contributed by atoms with Crippen molar-refractivity contribution in [2.75, 3.05) is 26.0 Å². The van der Waals surface area contributed by atoms with Crippen LogP contribution in [-0.4, -0.2) is 93.2 Å². The van der Waals surface area contributed by atoms with Crippen molar-refractivity contribution in [3.8, 4) is 0 Å². The summed E-state index contributed by atoms with van der Waals surface area (Å²) >= 11 is 7.42. The third-order valence-electron chi connectivity index (χ3n) is 5.99. The highest BCUT2D eigenvalue weighted by Crippen LogP contribution is 2.43. The minimum Gasteiger partial charge on any atom is -0.388 e. The summed E-state index contributed by atoms with van der Waals surface area (Å²) in [5.74, 6) is 0.222. The van der Waals surface area contributed by atoms with E-state index in [-0.39, 0.29) is 31.6 Å². The molecule has 0 saturated carbocycles. The van der Waals surface area contributed by atoms with Crippen LogP contribution in [0, 0.1) is 5.92 Å². The minimum atomic E-state index is -4.90. The van der Waals surface area contributed by atoms with E-state index in [1.165, 1.54) is 0 Å². The van der Waals surface area contributed by atoms with Crippen molar-refractivity contribution in [2.24, 2.45) is 5.92 Å². The number of aliphatic hydroxyl groups is 2. The van der Waals surface area contributed by atoms with Gasteiger partial charge in [0.1, 0.15) is 23.7 Å². The highest BCUT2D eigenvalue weighted by atomic mass is 35.5. The Kier molecular flexibility index (Phi) is 12.3. The molecule has 33 heavy (non-hydrogen) atoms. The summed E-state index contributed by atoms with van der Waals surface area (Å²) in [5.41, 5.74) is -0.931. The second-order valence-corrected chi connectivity index (χ2v) is 11.2. The number of alkyl halides is 2. The number of hydrogen-bond donors (Lipinski definition) is 6. The summed E-state index contributed by atoms with van der Waals surface area (Å²) in [4.78, 5) is 30.6. The Balaban J connectivity index is 1.82. The summed E-state index contributed by atoms with van der Waals surface area (Å²) < 4.78 is 33.9. The third-order valence-corrected chi connectivity index (χ3v) is 7.69. The standard InChI is InChI=1S/C19H35ClFN2O8PS/c1-33-19-17(31-32(27,28)29)16(25)15(24)14(30-19)9-12(20)10-23-18(26)13-5-4-11(3-2-7-21)6-8-22-13/h11-17,19,22,24-25H,2-10H2,1H3,(H,23,26)(H2,27,28,29). The van der Waals surface area contributed by atoms with Crippen LogP contribution in [-0.2, 0) is 18.6 Å². The highest BCUT2D eigenvalue weighted by molar-refractivity contribution is 7.99. The average Bonchev–Trinajstić information content (AvgIpc) is 3.00. The van der Waals surface area contributed by atoms with Gasteiger partial charge in [-0.05, 0) is 57.2 Å². The lowest BCUT2D eigenvalue weighted by Gasteiger charge is -2.42. The number of ether oxygens (including phenoxy) is 1. The number of phosphoric ester groups is 1. The van der Waals surface area contributed by atoms with E-state index >= 15 is 0 Å². The Labute approximate surface area is 202 Å². The van der Waals surface area contributed by atoms with Gasteiger partial charge in [-0.15, -0.1) is 23.4 Å². The van der Waals surface area contributed by atoms with E-state index in [2.05, 4.69) is 15.2 Å². The Hall–Kier alpha value is -0.0100. The predicted molar refractivity (Wildman–Crippen MR) is 123 cm³/mol. The van der Waals surface area contributed by atoms with E-state index in [4.69, 9.17) is 26.1 Å². The van der Waals surface area contributed by atoms with Crippen molar-refractivity contribution in [3.63, 3.8) is 0 Å². The molecule has 8 atom stereocenters. The number of carbonyl (C=O) groups excluding carboxylic acids is 1. The van der Waals surface area contributed by atoms with Gasteiger partial charge in [-0.25, -0.2) is 4.57 Å². The molecule has 2 aliphatic heterocycles. The fourth-order valence-electron chi connectivity index (χ4n) is 4.22. The van der Waals surface area contributed by atoms with Crippen LogP contribution >= 0.6 is 31.2 Å². The maximum atomic E-state index is 12.6. The van der Waals surface area contributed by atoms with E-state index in [9.17, 15) is 24.0 Å². The molecule has 0 spiro atoms. The molecule has 1 amide bonds. The molecule has 194 valence electrons. The number of hydrogen-bond acceptors (Lipinski definition) is 8. The van der Waals surface area contributed by atoms with Gasteiger partial charge in [-0.1, -0.05) is 0 Å². The lowest BCUT2D eigenvalue weighted by atomic mass is 9.94. The molecular formula is C19H35ClFN2O8PS. The number of phosphoric acid groups is 1. The number of nitrogens with one attached hydrogen (secondary N) is 2. The predicted octanol–water partition coefficient (Wildman–Crippen LogP) is 0.896. The Bertz CT molecular complexity index is 663. The molecule has 0 aromatic heterocycles. The summed E-state index contributed by atoms with van der Waals surface area (Å²) in [6, 6.07) is -0.353. The maximum Gasteiger partial charge on any atom is 0.470 e. The third kappa shape index (κ3) is 9.51. The van der Waals surface area contributed by atoms with Gasteiger partial charge in [-0.2, -0.15) is 0 Å². The first-order chi connectivity index (χ1) is 15.6. The number of aliphatic hydroxyl groups excluding tert-OH is 2. The van der Waals surface area contributed by atoms with Crippen molar-refractivity contribution in [1.29, 1.82) is 0 Å². The smallest absolute Gasteiger partial charge is 0.388 e. The molecule has 0 aromatic carbocycles. The van der Waals surface area contributed by atoms with E-state index in [1.54, 1.807) is 6.26 Å². The zero-order chi connectivity index (χ0) is 24.6. The lowest BCUT2D eigenvalue weighted by Crippen LogP contribution is -2.57. The van der Waals surface area contributed by atoms with E-state index in [1.807, 2.05) is 0 Å². The van der Waals surface area contributed by atoms with Crippen LogP contribution in [0.15, 0.2) is 0 Å². The van der Waals surface area contributed by atoms with Gasteiger partial charge in [0.25, 0.3) is 0 Å². The Morgan fingerprint density at radius 2 is 2.06 bits per heavy atom. The van der Waals surface area contributed by atoms with Crippen molar-refractivity contribution < 1.29 is 43.0 Å². The van der Waals surface area contributed by atoms with Gasteiger partial charge in [0.05, 0.1) is 24.2 Å². The molecule has 0 radical (unpaired) electrons. The van der Waals surface area contributed by atoms with Crippen LogP contribution in [0.1, 0.15) is 38.5 Å². The molecule has 2 fully saturated rings. The summed E-state index contributed by atoms with van der Waals surface area (Å²) in [5, 5.41) is 26.1. The van der Waals surface area contributed by atoms with Gasteiger partial charge >= 0.3 is 7.82 Å². The number of halogens is 2. The van der Waals surface area contributed by atoms with Crippen LogP contribution in [0.2, 0.25) is 0 Å². The van der Waals surface area contributed by atoms with Gasteiger partial charge in [0, 0.05) is 6.54 Å². The second-order valence-electron chi connectivity index (χ2n) is 8.47. The molecule has 10 nitrogen and oxygen atoms in total. The fourth-order valence-corrected chi connectivity index (χ4v) is 5.85. The largest absolute Gasteiger partial charge is 0.470 e. The molecule has 0 aliphatic carbocycles. The zero-order valence-corrected chi connectivity index (χ0v) is 21.0. The molecular weight excluding hydrogens is 502 g/mol. The molecule has 8 unspecified atom stereocenters. The summed E-state index contributed by atoms with van der Waals surface area (Å²) in [6.45, 7) is 0.475. The molecule has 6 N–H and O–H groups in total. The van der Waals surface area contributed by atoms with Crippen LogP contribution in [0.25, 0.3) is 0 Å². The van der Waals surface area contributed by atoms with E-state index < -0.39 is 43.1 Å². The monoisotopic (exact) mass is 536 g/mol. The highest BCUT2D eigenvalue weighted by Gasteiger charge is 2.47. The van der Waals surface area contributed by atoms with Crippen LogP contribution in [0.5, 0.6) is 0 Å². The normalized spacial score (nSPS) is 34.5. The first kappa shape index (κ1) is 29.2. The van der Waals surface area contributed by atoms with E-state index in [0.717, 1.165) is 31.0 Å². The number of amides is 1. The van der Waals surface area contributed by atoms with E-state index in [0.29, 0.717) is 25.3 Å². The number of rotatable bonds is 11. The average molecular weight is 537 g/mol. The fraction of sp³-hybridized carbons (Fsp3) is 0.947. The SMILES string of the molecule is CSC1OC(CC(Cl)CNC(=O)C2CCC(CCCF)CCN2)C(O)C(O)C1OP(=O)(O)O. The summed E-state index contributed by atoms with van der Waals surface area (Å²) in [7, 11) is -4.90. The summed E-state index contributed by atoms with van der Waals surface area (Å²) in [6.07, 6.45) is 0.0734. The number of carbonyl (C=O) groups is 1. The van der Waals surface area contributed by atoms with Crippen molar-refractivity contribution in [3.05, 3.63) is 0 Å². The van der Waals surface area contributed by atoms with Crippen LogP contribution < -0.4 is 10.6 Å². The quantitative estimate of drug-likeness (QED) is 0.165. The zero-order valence-electron chi connectivity index (χ0n) is 18.5. The number of thioether (sulfide) groups is 1. The molecule has 2 saturated heterocycles. The minimum absolute atomic E-state index is 0.0865. The van der Waals surface area contributed by atoms with Gasteiger partial charge in [0.15, 0.2) is 0 Å². The van der Waals surface area contributed by atoms with Gasteiger partial charge in [-0.3, -0.25) is 13.7 Å². The van der Waals surface area contributed by atoms with Crippen molar-refractivity contribution in [2.45, 2.75) is 79.8 Å². The van der Waals surface area contributed by atoms with Gasteiger partial charge < -0.3 is 35.4 Å². The lowest BCUT2D eigenvalue weighted by molar-refractivity contribution is -0.195.